The standard InChI is InChI=1S/C23H33N3O/c1-5-24-22(27)18-13-9-12-17(14-18)19-15-25-21(26-19)20(23(2,3)4)16-10-7-6-8-11-16/h9,12-16,20H,5-8,10-11H2,1-4H3,(H,24,27)(H,25,26). The summed E-state index contributed by atoms with van der Waals surface area (Å²) in [6.07, 6.45) is 8.55. The van der Waals surface area contributed by atoms with Crippen LogP contribution in [-0.4, -0.2) is 22.4 Å². The van der Waals surface area contributed by atoms with E-state index in [9.17, 15) is 4.79 Å². The summed E-state index contributed by atoms with van der Waals surface area (Å²) in [5.74, 6) is 2.18. The summed E-state index contributed by atoms with van der Waals surface area (Å²) in [6.45, 7) is 9.53. The highest BCUT2D eigenvalue weighted by Gasteiger charge is 2.36. The van der Waals surface area contributed by atoms with E-state index in [-0.39, 0.29) is 11.3 Å². The van der Waals surface area contributed by atoms with Gasteiger partial charge in [-0.15, -0.1) is 0 Å². The number of imidazole rings is 1. The van der Waals surface area contributed by atoms with Crippen LogP contribution in [0.4, 0.5) is 0 Å². The molecule has 1 aromatic carbocycles. The van der Waals surface area contributed by atoms with Crippen molar-refractivity contribution in [1.82, 2.24) is 15.3 Å². The number of hydrogen-bond donors (Lipinski definition) is 2. The van der Waals surface area contributed by atoms with Crippen molar-refractivity contribution in [3.05, 3.63) is 41.9 Å². The lowest BCUT2D eigenvalue weighted by Crippen LogP contribution is -2.28. The minimum atomic E-state index is -0.0335. The Labute approximate surface area is 163 Å². The Morgan fingerprint density at radius 1 is 1.26 bits per heavy atom. The van der Waals surface area contributed by atoms with Gasteiger partial charge in [0, 0.05) is 23.6 Å². The van der Waals surface area contributed by atoms with Gasteiger partial charge in [-0.3, -0.25) is 4.79 Å². The van der Waals surface area contributed by atoms with Crippen LogP contribution in [-0.2, 0) is 0 Å². The van der Waals surface area contributed by atoms with Gasteiger partial charge in [0.1, 0.15) is 5.82 Å². The molecule has 0 spiro atoms. The van der Waals surface area contributed by atoms with E-state index in [1.54, 1.807) is 0 Å². The van der Waals surface area contributed by atoms with Gasteiger partial charge < -0.3 is 10.3 Å². The monoisotopic (exact) mass is 367 g/mol. The lowest BCUT2D eigenvalue weighted by Gasteiger charge is -2.38. The largest absolute Gasteiger partial charge is 0.352 e. The Hall–Kier alpha value is -2.10. The van der Waals surface area contributed by atoms with Crippen molar-refractivity contribution in [2.75, 3.05) is 6.54 Å². The van der Waals surface area contributed by atoms with Crippen molar-refractivity contribution >= 4 is 5.91 Å². The second kappa shape index (κ2) is 8.28. The quantitative estimate of drug-likeness (QED) is 0.729. The molecule has 1 aromatic heterocycles. The number of nitrogens with one attached hydrogen (secondary N) is 2. The Balaban J connectivity index is 1.88. The second-order valence-corrected chi connectivity index (χ2v) is 8.86. The number of benzene rings is 1. The Bertz CT molecular complexity index is 766. The maximum absolute atomic E-state index is 12.1. The predicted octanol–water partition coefficient (Wildman–Crippen LogP) is 5.54. The average molecular weight is 368 g/mol. The van der Waals surface area contributed by atoms with Gasteiger partial charge in [-0.1, -0.05) is 52.2 Å². The molecule has 1 fully saturated rings. The molecule has 27 heavy (non-hydrogen) atoms. The third-order valence-corrected chi connectivity index (χ3v) is 5.72. The SMILES string of the molecule is CCNC(=O)c1cccc(-c2cnc(C(C3CCCCC3)C(C)(C)C)[nH]2)c1. The average Bonchev–Trinajstić information content (AvgIpc) is 3.11. The van der Waals surface area contributed by atoms with Crippen LogP contribution in [0.1, 0.15) is 81.9 Å². The Morgan fingerprint density at radius 2 is 2.00 bits per heavy atom. The molecule has 0 aliphatic heterocycles. The lowest BCUT2D eigenvalue weighted by atomic mass is 9.68. The van der Waals surface area contributed by atoms with E-state index in [0.29, 0.717) is 23.9 Å². The molecule has 1 aliphatic rings. The molecule has 1 atom stereocenters. The molecule has 0 radical (unpaired) electrons. The van der Waals surface area contributed by atoms with Gasteiger partial charge in [-0.05, 0) is 43.2 Å². The summed E-state index contributed by atoms with van der Waals surface area (Å²) in [7, 11) is 0. The Morgan fingerprint density at radius 3 is 2.67 bits per heavy atom. The van der Waals surface area contributed by atoms with Gasteiger partial charge in [-0.25, -0.2) is 4.98 Å². The summed E-state index contributed by atoms with van der Waals surface area (Å²) in [4.78, 5) is 20.5. The maximum Gasteiger partial charge on any atom is 0.251 e. The third kappa shape index (κ3) is 4.60. The van der Waals surface area contributed by atoms with Gasteiger partial charge in [0.2, 0.25) is 0 Å². The molecule has 146 valence electrons. The molecule has 0 saturated heterocycles. The van der Waals surface area contributed by atoms with Gasteiger partial charge >= 0.3 is 0 Å². The smallest absolute Gasteiger partial charge is 0.251 e. The van der Waals surface area contributed by atoms with E-state index < -0.39 is 0 Å². The molecule has 2 N–H and O–H groups in total. The van der Waals surface area contributed by atoms with Crippen molar-refractivity contribution < 1.29 is 4.79 Å². The van der Waals surface area contributed by atoms with Crippen molar-refractivity contribution in [1.29, 1.82) is 0 Å². The highest BCUT2D eigenvalue weighted by atomic mass is 16.1. The number of nitrogens with zero attached hydrogens (tertiary/aromatic N) is 1. The van der Waals surface area contributed by atoms with E-state index in [1.165, 1.54) is 32.1 Å². The number of hydrogen-bond acceptors (Lipinski definition) is 2. The van der Waals surface area contributed by atoms with Crippen molar-refractivity contribution in [3.63, 3.8) is 0 Å². The zero-order valence-electron chi connectivity index (χ0n) is 17.1. The fourth-order valence-electron chi connectivity index (χ4n) is 4.54. The number of aromatic amines is 1. The number of carbonyl (C=O) groups is 1. The summed E-state index contributed by atoms with van der Waals surface area (Å²) in [5.41, 5.74) is 2.85. The van der Waals surface area contributed by atoms with Crippen LogP contribution < -0.4 is 5.32 Å². The van der Waals surface area contributed by atoms with Crippen LogP contribution in [0, 0.1) is 11.3 Å². The molecular formula is C23H33N3O. The first-order valence-corrected chi connectivity index (χ1v) is 10.3. The molecule has 4 nitrogen and oxygen atoms in total. The second-order valence-electron chi connectivity index (χ2n) is 8.86. The van der Waals surface area contributed by atoms with Crippen LogP contribution >= 0.6 is 0 Å². The van der Waals surface area contributed by atoms with E-state index in [0.717, 1.165) is 17.1 Å². The van der Waals surface area contributed by atoms with E-state index in [1.807, 2.05) is 37.4 Å². The van der Waals surface area contributed by atoms with Crippen LogP contribution in [0.5, 0.6) is 0 Å². The molecule has 2 aromatic rings. The Kier molecular flexibility index (Phi) is 6.03. The molecule has 1 saturated carbocycles. The van der Waals surface area contributed by atoms with Crippen molar-refractivity contribution in [2.24, 2.45) is 11.3 Å². The fraction of sp³-hybridized carbons (Fsp3) is 0.565. The van der Waals surface area contributed by atoms with Crippen molar-refractivity contribution in [3.8, 4) is 11.3 Å². The van der Waals surface area contributed by atoms with Gasteiger partial charge in [0.05, 0.1) is 11.9 Å². The molecular weight excluding hydrogens is 334 g/mol. The minimum Gasteiger partial charge on any atom is -0.352 e. The normalized spacial score (nSPS) is 16.9. The summed E-state index contributed by atoms with van der Waals surface area (Å²) in [6, 6.07) is 7.76. The highest BCUT2D eigenvalue weighted by Crippen LogP contribution is 2.45. The first-order valence-electron chi connectivity index (χ1n) is 10.3. The minimum absolute atomic E-state index is 0.0335. The molecule has 1 aliphatic carbocycles. The number of aromatic nitrogens is 2. The maximum atomic E-state index is 12.1. The zero-order chi connectivity index (χ0) is 19.4. The van der Waals surface area contributed by atoms with Crippen molar-refractivity contribution in [2.45, 2.75) is 65.7 Å². The van der Waals surface area contributed by atoms with E-state index in [4.69, 9.17) is 4.98 Å². The molecule has 1 heterocycles. The number of rotatable bonds is 5. The van der Waals surface area contributed by atoms with E-state index in [2.05, 4.69) is 31.1 Å². The van der Waals surface area contributed by atoms with Crippen LogP contribution in [0.25, 0.3) is 11.3 Å². The van der Waals surface area contributed by atoms with Crippen LogP contribution in [0.3, 0.4) is 0 Å². The first-order chi connectivity index (χ1) is 12.9. The van der Waals surface area contributed by atoms with Crippen LogP contribution in [0.2, 0.25) is 0 Å². The topological polar surface area (TPSA) is 57.8 Å². The van der Waals surface area contributed by atoms with Gasteiger partial charge in [0.25, 0.3) is 5.91 Å². The zero-order valence-corrected chi connectivity index (χ0v) is 17.1. The summed E-state index contributed by atoms with van der Waals surface area (Å²) in [5, 5.41) is 2.86. The summed E-state index contributed by atoms with van der Waals surface area (Å²) >= 11 is 0. The van der Waals surface area contributed by atoms with E-state index >= 15 is 0 Å². The number of carbonyl (C=O) groups excluding carboxylic acids is 1. The molecule has 4 heteroatoms. The van der Waals surface area contributed by atoms with Crippen LogP contribution in [0.15, 0.2) is 30.5 Å². The fourth-order valence-corrected chi connectivity index (χ4v) is 4.54. The lowest BCUT2D eigenvalue weighted by molar-refractivity contribution is 0.0956. The summed E-state index contributed by atoms with van der Waals surface area (Å²) < 4.78 is 0. The highest BCUT2D eigenvalue weighted by molar-refractivity contribution is 5.95. The predicted molar refractivity (Wildman–Crippen MR) is 111 cm³/mol. The first kappa shape index (κ1) is 19.7. The molecule has 1 unspecified atom stereocenters. The van der Waals surface area contributed by atoms with Gasteiger partial charge in [0.15, 0.2) is 0 Å². The molecule has 3 rings (SSSR count). The van der Waals surface area contributed by atoms with Gasteiger partial charge in [-0.2, -0.15) is 0 Å². The number of H-pyrrole nitrogens is 1. The molecule has 0 bridgehead atoms. The third-order valence-electron chi connectivity index (χ3n) is 5.72. The molecule has 1 amide bonds. The number of amides is 1.